The zero-order valence-electron chi connectivity index (χ0n) is 19.1. The molecule has 2 heterocycles. The minimum Gasteiger partial charge on any atom is -0.612 e. The topological polar surface area (TPSA) is 74.5 Å². The molecule has 0 fully saturated rings. The van der Waals surface area contributed by atoms with Crippen LogP contribution in [0.2, 0.25) is 0 Å². The van der Waals surface area contributed by atoms with Gasteiger partial charge in [-0.05, 0) is 35.1 Å². The maximum atomic E-state index is 14.4. The summed E-state index contributed by atoms with van der Waals surface area (Å²) in [6.07, 6.45) is -2.25. The van der Waals surface area contributed by atoms with Crippen molar-refractivity contribution in [2.75, 3.05) is 12.9 Å². The van der Waals surface area contributed by atoms with Gasteiger partial charge in [-0.15, -0.1) is 0 Å². The second-order valence-electron chi connectivity index (χ2n) is 9.43. The van der Waals surface area contributed by atoms with E-state index in [1.54, 1.807) is 50.2 Å². The Labute approximate surface area is 198 Å². The van der Waals surface area contributed by atoms with Crippen LogP contribution in [0.1, 0.15) is 31.4 Å². The highest BCUT2D eigenvalue weighted by Crippen LogP contribution is 2.47. The van der Waals surface area contributed by atoms with E-state index in [2.05, 4.69) is 0 Å². The molecular formula is C25H26F3NO4S. The van der Waals surface area contributed by atoms with E-state index in [0.29, 0.717) is 34.8 Å². The first-order chi connectivity index (χ1) is 15.8. The number of benzene rings is 2. The molecule has 5 nitrogen and oxygen atoms in total. The van der Waals surface area contributed by atoms with E-state index in [1.807, 2.05) is 0 Å². The van der Waals surface area contributed by atoms with Gasteiger partial charge in [0, 0.05) is 47.3 Å². The predicted molar refractivity (Wildman–Crippen MR) is 125 cm³/mol. The average Bonchev–Trinajstić information content (AvgIpc) is 3.22. The van der Waals surface area contributed by atoms with Gasteiger partial charge in [-0.2, -0.15) is 13.2 Å². The first-order valence-corrected chi connectivity index (χ1v) is 12.4. The van der Waals surface area contributed by atoms with Crippen LogP contribution in [-0.2, 0) is 29.6 Å². The number of aromatic nitrogens is 1. The Morgan fingerprint density at radius 2 is 1.88 bits per heavy atom. The maximum absolute atomic E-state index is 14.4. The second kappa shape index (κ2) is 8.62. The van der Waals surface area contributed by atoms with Crippen LogP contribution >= 0.6 is 0 Å². The number of aliphatic hydroxyl groups is 1. The van der Waals surface area contributed by atoms with E-state index < -0.39 is 41.3 Å². The van der Waals surface area contributed by atoms with Crippen molar-refractivity contribution >= 4 is 22.1 Å². The third-order valence-corrected chi connectivity index (χ3v) is 7.30. The lowest BCUT2D eigenvalue weighted by molar-refractivity contribution is -0.271. The van der Waals surface area contributed by atoms with Crippen molar-refractivity contribution in [3.05, 3.63) is 70.0 Å². The fourth-order valence-electron chi connectivity index (χ4n) is 4.70. The minimum absolute atomic E-state index is 0.276. The number of pyridine rings is 1. The number of alkyl halides is 3. The van der Waals surface area contributed by atoms with E-state index >= 15 is 0 Å². The molecule has 0 bridgehead atoms. The summed E-state index contributed by atoms with van der Waals surface area (Å²) in [5, 5.41) is 11.4. The minimum atomic E-state index is -4.95. The van der Waals surface area contributed by atoms with Crippen LogP contribution in [0.25, 0.3) is 10.9 Å². The Morgan fingerprint density at radius 3 is 2.56 bits per heavy atom. The second-order valence-corrected chi connectivity index (χ2v) is 10.8. The molecular weight excluding hydrogens is 467 g/mol. The highest BCUT2D eigenvalue weighted by Gasteiger charge is 2.56. The van der Waals surface area contributed by atoms with Crippen molar-refractivity contribution in [3.8, 4) is 5.75 Å². The molecule has 1 aliphatic rings. The highest BCUT2D eigenvalue weighted by atomic mass is 32.2. The summed E-state index contributed by atoms with van der Waals surface area (Å²) in [6.45, 7) is 2.84. The molecule has 2 aromatic carbocycles. The van der Waals surface area contributed by atoms with Crippen LogP contribution in [0, 0.1) is 0 Å². The van der Waals surface area contributed by atoms with Crippen LogP contribution in [0.5, 0.6) is 5.75 Å². The Morgan fingerprint density at radius 1 is 1.18 bits per heavy atom. The van der Waals surface area contributed by atoms with E-state index in [9.17, 15) is 27.6 Å². The van der Waals surface area contributed by atoms with E-state index in [4.69, 9.17) is 4.74 Å². The zero-order valence-corrected chi connectivity index (χ0v) is 19.9. The van der Waals surface area contributed by atoms with Gasteiger partial charge in [0.05, 0.1) is 18.7 Å². The summed E-state index contributed by atoms with van der Waals surface area (Å²) in [6, 6.07) is 10.9. The summed E-state index contributed by atoms with van der Waals surface area (Å²) in [5.41, 5.74) is -3.00. The molecule has 9 heteroatoms. The van der Waals surface area contributed by atoms with Gasteiger partial charge in [0.1, 0.15) is 12.0 Å². The average molecular weight is 494 g/mol. The third kappa shape index (κ3) is 4.44. The van der Waals surface area contributed by atoms with Gasteiger partial charge in [-0.25, -0.2) is 0 Å². The van der Waals surface area contributed by atoms with Crippen molar-refractivity contribution in [2.24, 2.45) is 0 Å². The number of halogens is 3. The summed E-state index contributed by atoms with van der Waals surface area (Å²) >= 11 is -1.33. The maximum Gasteiger partial charge on any atom is 0.418 e. The van der Waals surface area contributed by atoms with Crippen molar-refractivity contribution in [3.63, 3.8) is 0 Å². The molecule has 1 aliphatic heterocycles. The molecule has 1 N–H and O–H groups in total. The summed E-state index contributed by atoms with van der Waals surface area (Å²) in [7, 11) is 0. The fourth-order valence-corrected chi connectivity index (χ4v) is 5.29. The Balaban J connectivity index is 1.78. The van der Waals surface area contributed by atoms with Crippen molar-refractivity contribution in [2.45, 2.75) is 55.3 Å². The number of nitrogens with zero attached hydrogens (tertiary/aromatic N) is 1. The van der Waals surface area contributed by atoms with Gasteiger partial charge in [0.2, 0.25) is 0 Å². The Hall–Kier alpha value is -2.49. The number of para-hydroxylation sites is 1. The SMILES string of the molecule is C[S+]([O-])c1cc2c(c(C(C)(C)CC(O)(Cn3ccc(=O)c4ccccc43)C(F)(F)F)c1)OCC2. The number of rotatable bonds is 6. The van der Waals surface area contributed by atoms with Crippen LogP contribution in [0.15, 0.2) is 58.4 Å². The molecule has 0 saturated carbocycles. The van der Waals surface area contributed by atoms with Gasteiger partial charge in [0.15, 0.2) is 15.9 Å². The van der Waals surface area contributed by atoms with Crippen molar-refractivity contribution in [1.29, 1.82) is 0 Å². The van der Waals surface area contributed by atoms with Crippen LogP contribution < -0.4 is 10.2 Å². The molecule has 4 rings (SSSR count). The van der Waals surface area contributed by atoms with E-state index in [1.165, 1.54) is 23.1 Å². The first kappa shape index (κ1) is 24.6. The normalized spacial score (nSPS) is 16.7. The van der Waals surface area contributed by atoms with Crippen LogP contribution in [0.3, 0.4) is 0 Å². The quantitative estimate of drug-likeness (QED) is 0.519. The monoisotopic (exact) mass is 493 g/mol. The fraction of sp³-hybridized carbons (Fsp3) is 0.400. The van der Waals surface area contributed by atoms with Gasteiger partial charge in [-0.1, -0.05) is 26.0 Å². The summed E-state index contributed by atoms with van der Waals surface area (Å²) < 4.78 is 62.4. The third-order valence-electron chi connectivity index (χ3n) is 6.40. The lowest BCUT2D eigenvalue weighted by Crippen LogP contribution is -2.52. The molecule has 1 aromatic heterocycles. The molecule has 2 unspecified atom stereocenters. The predicted octanol–water partition coefficient (Wildman–Crippen LogP) is 4.34. The lowest BCUT2D eigenvalue weighted by Gasteiger charge is -2.39. The molecule has 182 valence electrons. The molecule has 2 atom stereocenters. The van der Waals surface area contributed by atoms with Gasteiger partial charge in [0.25, 0.3) is 0 Å². The number of fused-ring (bicyclic) bond motifs is 2. The largest absolute Gasteiger partial charge is 0.612 e. The zero-order chi connectivity index (χ0) is 24.9. The number of hydrogen-bond acceptors (Lipinski definition) is 4. The van der Waals surface area contributed by atoms with E-state index in [-0.39, 0.29) is 10.8 Å². The van der Waals surface area contributed by atoms with Crippen molar-refractivity contribution < 1.29 is 27.6 Å². The van der Waals surface area contributed by atoms with Gasteiger partial charge < -0.3 is 19.0 Å². The van der Waals surface area contributed by atoms with Crippen LogP contribution in [0.4, 0.5) is 13.2 Å². The molecule has 0 saturated heterocycles. The van der Waals surface area contributed by atoms with Crippen molar-refractivity contribution in [1.82, 2.24) is 4.57 Å². The number of ether oxygens (including phenoxy) is 1. The molecule has 0 radical (unpaired) electrons. The molecule has 34 heavy (non-hydrogen) atoms. The first-order valence-electron chi connectivity index (χ1n) is 10.8. The summed E-state index contributed by atoms with van der Waals surface area (Å²) in [4.78, 5) is 12.7. The van der Waals surface area contributed by atoms with Gasteiger partial charge in [-0.3, -0.25) is 4.79 Å². The van der Waals surface area contributed by atoms with Gasteiger partial charge >= 0.3 is 6.18 Å². The van der Waals surface area contributed by atoms with Crippen LogP contribution in [-0.4, -0.2) is 38.9 Å². The highest BCUT2D eigenvalue weighted by molar-refractivity contribution is 7.90. The molecule has 0 amide bonds. The smallest absolute Gasteiger partial charge is 0.418 e. The van der Waals surface area contributed by atoms with E-state index in [0.717, 1.165) is 5.56 Å². The Bertz CT molecular complexity index is 1290. The lowest BCUT2D eigenvalue weighted by atomic mass is 9.74. The Kier molecular flexibility index (Phi) is 6.25. The standard InChI is InChI=1S/C25H26F3NO4S/c1-23(2,19-13-17(34(3)32)12-16-9-11-33-22(16)19)14-24(31,25(26,27)28)15-29-10-8-21(30)18-6-4-5-7-20(18)29/h4-8,10,12-13,31H,9,11,14-15H2,1-3H3. The summed E-state index contributed by atoms with van der Waals surface area (Å²) in [5.74, 6) is 0.498. The number of hydrogen-bond donors (Lipinski definition) is 1. The molecule has 3 aromatic rings. The molecule has 0 spiro atoms. The molecule has 0 aliphatic carbocycles.